The first kappa shape index (κ1) is 16.8. The maximum atomic E-state index is 11.3. The zero-order valence-electron chi connectivity index (χ0n) is 10.3. The number of esters is 2. The predicted octanol–water partition coefficient (Wildman–Crippen LogP) is -0.881. The summed E-state index contributed by atoms with van der Waals surface area (Å²) in [5, 5.41) is 26.7. The van der Waals surface area contributed by atoms with E-state index in [0.717, 1.165) is 6.92 Å². The summed E-state index contributed by atoms with van der Waals surface area (Å²) in [6.45, 7) is 2.28. The van der Waals surface area contributed by atoms with Crippen LogP contribution in [0.1, 0.15) is 26.7 Å². The van der Waals surface area contributed by atoms with Crippen LogP contribution in [0.5, 0.6) is 0 Å². The van der Waals surface area contributed by atoms with Crippen molar-refractivity contribution in [2.75, 3.05) is 0 Å². The molecule has 0 aliphatic carbocycles. The van der Waals surface area contributed by atoms with Crippen LogP contribution in [0.25, 0.3) is 0 Å². The monoisotopic (exact) mass is 278 g/mol. The van der Waals surface area contributed by atoms with Crippen molar-refractivity contribution in [3.05, 3.63) is 0 Å². The van der Waals surface area contributed by atoms with E-state index in [9.17, 15) is 24.3 Å². The zero-order chi connectivity index (χ0) is 15.2. The van der Waals surface area contributed by atoms with Gasteiger partial charge in [-0.3, -0.25) is 14.4 Å². The summed E-state index contributed by atoms with van der Waals surface area (Å²) in [5.41, 5.74) is -2.78. The van der Waals surface area contributed by atoms with Gasteiger partial charge >= 0.3 is 23.9 Å². The Labute approximate surface area is 107 Å². The number of carboxylic acids is 2. The standard InChI is InChI=1S/C10H14O9/c1-5(11)18-6(2)19-8(14)4-10(17,9(15)16)3-7(12)13/h6,17H,3-4H2,1-2H3,(H,12,13)(H,15,16). The van der Waals surface area contributed by atoms with Crippen LogP contribution in [0, 0.1) is 0 Å². The first-order chi connectivity index (χ1) is 8.56. The van der Waals surface area contributed by atoms with Gasteiger partial charge in [-0.25, -0.2) is 4.79 Å². The van der Waals surface area contributed by atoms with Gasteiger partial charge in [-0.05, 0) is 0 Å². The van der Waals surface area contributed by atoms with Gasteiger partial charge in [0.05, 0.1) is 12.8 Å². The lowest BCUT2D eigenvalue weighted by atomic mass is 9.96. The van der Waals surface area contributed by atoms with Crippen molar-refractivity contribution >= 4 is 23.9 Å². The fourth-order valence-corrected chi connectivity index (χ4v) is 1.19. The second-order valence-electron chi connectivity index (χ2n) is 3.75. The summed E-state index contributed by atoms with van der Waals surface area (Å²) < 4.78 is 8.94. The molecule has 0 spiro atoms. The van der Waals surface area contributed by atoms with Gasteiger partial charge in [-0.1, -0.05) is 0 Å². The molecule has 3 N–H and O–H groups in total. The molecule has 0 aromatic carbocycles. The number of carbonyl (C=O) groups excluding carboxylic acids is 2. The van der Waals surface area contributed by atoms with E-state index in [0.29, 0.717) is 0 Å². The number of hydrogen-bond donors (Lipinski definition) is 3. The highest BCUT2D eigenvalue weighted by Gasteiger charge is 2.41. The largest absolute Gasteiger partial charge is 0.481 e. The molecule has 0 aliphatic rings. The molecule has 2 unspecified atom stereocenters. The molecule has 19 heavy (non-hydrogen) atoms. The Hall–Kier alpha value is -2.16. The lowest BCUT2D eigenvalue weighted by Gasteiger charge is -2.21. The van der Waals surface area contributed by atoms with Crippen LogP contribution < -0.4 is 0 Å². The number of ether oxygens (including phenoxy) is 2. The molecular weight excluding hydrogens is 264 g/mol. The number of aliphatic hydroxyl groups is 1. The van der Waals surface area contributed by atoms with Crippen molar-refractivity contribution in [3.63, 3.8) is 0 Å². The molecule has 9 heteroatoms. The Balaban J connectivity index is 4.60. The van der Waals surface area contributed by atoms with Crippen LogP contribution in [0.3, 0.4) is 0 Å². The van der Waals surface area contributed by atoms with Crippen LogP contribution in [0.4, 0.5) is 0 Å². The lowest BCUT2D eigenvalue weighted by Crippen LogP contribution is -2.43. The van der Waals surface area contributed by atoms with Crippen LogP contribution in [0.2, 0.25) is 0 Å². The molecule has 0 aliphatic heterocycles. The predicted molar refractivity (Wildman–Crippen MR) is 56.8 cm³/mol. The summed E-state index contributed by atoms with van der Waals surface area (Å²) in [5.74, 6) is -5.39. The molecule has 0 bridgehead atoms. The van der Waals surface area contributed by atoms with E-state index in [4.69, 9.17) is 10.2 Å². The van der Waals surface area contributed by atoms with Crippen LogP contribution in [-0.4, -0.2) is 51.1 Å². The number of aliphatic carboxylic acids is 2. The van der Waals surface area contributed by atoms with E-state index in [1.807, 2.05) is 0 Å². The summed E-state index contributed by atoms with van der Waals surface area (Å²) >= 11 is 0. The maximum absolute atomic E-state index is 11.3. The SMILES string of the molecule is CC(=O)OC(C)OC(=O)CC(O)(CC(=O)O)C(=O)O. The topological polar surface area (TPSA) is 147 Å². The molecule has 0 heterocycles. The highest BCUT2D eigenvalue weighted by molar-refractivity contribution is 5.88. The van der Waals surface area contributed by atoms with E-state index in [-0.39, 0.29) is 0 Å². The minimum absolute atomic E-state index is 0.723. The fraction of sp³-hybridized carbons (Fsp3) is 0.600. The molecule has 0 radical (unpaired) electrons. The Morgan fingerprint density at radius 3 is 2.00 bits per heavy atom. The van der Waals surface area contributed by atoms with Crippen molar-refractivity contribution in [1.29, 1.82) is 0 Å². The van der Waals surface area contributed by atoms with Crippen LogP contribution in [-0.2, 0) is 28.7 Å². The van der Waals surface area contributed by atoms with Crippen molar-refractivity contribution in [2.24, 2.45) is 0 Å². The van der Waals surface area contributed by atoms with Crippen LogP contribution in [0.15, 0.2) is 0 Å². The summed E-state index contributed by atoms with van der Waals surface area (Å²) in [4.78, 5) is 43.0. The van der Waals surface area contributed by atoms with Crippen molar-refractivity contribution in [3.8, 4) is 0 Å². The molecule has 0 saturated carbocycles. The average molecular weight is 278 g/mol. The molecular formula is C10H14O9. The second-order valence-corrected chi connectivity index (χ2v) is 3.75. The molecule has 9 nitrogen and oxygen atoms in total. The van der Waals surface area contributed by atoms with Crippen molar-refractivity contribution in [1.82, 2.24) is 0 Å². The van der Waals surface area contributed by atoms with E-state index < -0.39 is 48.6 Å². The molecule has 2 atom stereocenters. The van der Waals surface area contributed by atoms with Gasteiger partial charge in [-0.2, -0.15) is 0 Å². The Morgan fingerprint density at radius 2 is 1.63 bits per heavy atom. The van der Waals surface area contributed by atoms with Gasteiger partial charge in [0, 0.05) is 13.8 Å². The average Bonchev–Trinajstić information content (AvgIpc) is 2.12. The minimum atomic E-state index is -2.78. The third-order valence-corrected chi connectivity index (χ3v) is 1.91. The number of rotatable bonds is 7. The molecule has 0 rings (SSSR count). The van der Waals surface area contributed by atoms with E-state index >= 15 is 0 Å². The summed E-state index contributed by atoms with van der Waals surface area (Å²) in [6.07, 6.45) is -3.52. The van der Waals surface area contributed by atoms with Gasteiger partial charge in [0.2, 0.25) is 6.29 Å². The first-order valence-electron chi connectivity index (χ1n) is 5.11. The van der Waals surface area contributed by atoms with Crippen molar-refractivity contribution in [2.45, 2.75) is 38.6 Å². The zero-order valence-corrected chi connectivity index (χ0v) is 10.3. The van der Waals surface area contributed by atoms with E-state index in [2.05, 4.69) is 9.47 Å². The van der Waals surface area contributed by atoms with Gasteiger partial charge in [-0.15, -0.1) is 0 Å². The number of hydrogen-bond acceptors (Lipinski definition) is 7. The molecule has 0 aromatic rings. The van der Waals surface area contributed by atoms with Crippen LogP contribution >= 0.6 is 0 Å². The van der Waals surface area contributed by atoms with E-state index in [1.54, 1.807) is 0 Å². The van der Waals surface area contributed by atoms with Gasteiger partial charge < -0.3 is 24.8 Å². The Kier molecular flexibility index (Phi) is 5.93. The normalized spacial score (nSPS) is 14.9. The maximum Gasteiger partial charge on any atom is 0.336 e. The number of carbonyl (C=O) groups is 4. The Bertz CT molecular complexity index is 388. The fourth-order valence-electron chi connectivity index (χ4n) is 1.19. The smallest absolute Gasteiger partial charge is 0.336 e. The third-order valence-electron chi connectivity index (χ3n) is 1.91. The summed E-state index contributed by atoms with van der Waals surface area (Å²) in [6, 6.07) is 0. The van der Waals surface area contributed by atoms with E-state index in [1.165, 1.54) is 6.92 Å². The Morgan fingerprint density at radius 1 is 1.11 bits per heavy atom. The van der Waals surface area contributed by atoms with Gasteiger partial charge in [0.25, 0.3) is 0 Å². The highest BCUT2D eigenvalue weighted by Crippen LogP contribution is 2.17. The second kappa shape index (κ2) is 6.69. The highest BCUT2D eigenvalue weighted by atomic mass is 16.7. The molecule has 0 aromatic heterocycles. The van der Waals surface area contributed by atoms with Crippen molar-refractivity contribution < 1.29 is 44.0 Å². The third kappa shape index (κ3) is 6.36. The molecule has 0 fully saturated rings. The minimum Gasteiger partial charge on any atom is -0.481 e. The molecule has 0 saturated heterocycles. The molecule has 108 valence electrons. The van der Waals surface area contributed by atoms with Gasteiger partial charge in [0.15, 0.2) is 5.60 Å². The van der Waals surface area contributed by atoms with Gasteiger partial charge in [0.1, 0.15) is 0 Å². The quantitative estimate of drug-likeness (QED) is 0.398. The molecule has 0 amide bonds. The number of carboxylic acid groups (broad SMARTS) is 2. The first-order valence-corrected chi connectivity index (χ1v) is 5.11. The summed E-state index contributed by atoms with van der Waals surface area (Å²) in [7, 11) is 0. The lowest BCUT2D eigenvalue weighted by molar-refractivity contribution is -0.189.